The molecule has 0 spiro atoms. The molecule has 0 aromatic carbocycles. The number of nitrogens with one attached hydrogen (secondary N) is 2. The van der Waals surface area contributed by atoms with Crippen LogP contribution in [0.15, 0.2) is 24.7 Å². The average molecular weight is 482 g/mol. The minimum atomic E-state index is 0.0924. The maximum atomic E-state index is 5.99. The molecule has 0 aliphatic heterocycles. The quantitative estimate of drug-likeness (QED) is 0.312. The lowest BCUT2D eigenvalue weighted by atomic mass is 10.1. The van der Waals surface area contributed by atoms with Crippen LogP contribution in [0.25, 0.3) is 10.6 Å². The van der Waals surface area contributed by atoms with E-state index in [2.05, 4.69) is 49.4 Å². The van der Waals surface area contributed by atoms with Crippen LogP contribution in [0.2, 0.25) is 0 Å². The Morgan fingerprint density at radius 3 is 2.71 bits per heavy atom. The Hall–Kier alpha value is -2.65. The topological polar surface area (TPSA) is 97.7 Å². The highest BCUT2D eigenvalue weighted by Gasteiger charge is 2.15. The van der Waals surface area contributed by atoms with Gasteiger partial charge in [-0.25, -0.2) is 15.0 Å². The summed E-state index contributed by atoms with van der Waals surface area (Å²) in [7, 11) is 0. The molecule has 9 heteroatoms. The van der Waals surface area contributed by atoms with Crippen LogP contribution in [0.3, 0.4) is 0 Å². The third-order valence-corrected chi connectivity index (χ3v) is 6.92. The van der Waals surface area contributed by atoms with Crippen LogP contribution in [-0.2, 0) is 6.54 Å². The predicted molar refractivity (Wildman–Crippen MR) is 137 cm³/mol. The van der Waals surface area contributed by atoms with Crippen molar-refractivity contribution in [3.63, 3.8) is 0 Å². The Labute approximate surface area is 206 Å². The Balaban J connectivity index is 1.35. The molecular weight excluding hydrogens is 446 g/mol. The number of anilines is 2. The second kappa shape index (κ2) is 12.2. The van der Waals surface area contributed by atoms with E-state index in [0.29, 0.717) is 17.9 Å². The van der Waals surface area contributed by atoms with Crippen molar-refractivity contribution in [3.8, 4) is 16.6 Å². The summed E-state index contributed by atoms with van der Waals surface area (Å²) in [6.07, 6.45) is 15.2. The highest BCUT2D eigenvalue weighted by atomic mass is 32.1. The SMILES string of the molecule is CCCCCC(C)Oc1nc(C)cc(-c2cnc(Nc3cnc(CNC4CCCC4)cn3)s2)n1. The molecule has 1 saturated carbocycles. The van der Waals surface area contributed by atoms with Crippen molar-refractivity contribution in [2.24, 2.45) is 0 Å². The maximum Gasteiger partial charge on any atom is 0.317 e. The number of ether oxygens (including phenoxy) is 1. The smallest absolute Gasteiger partial charge is 0.317 e. The van der Waals surface area contributed by atoms with Gasteiger partial charge in [-0.1, -0.05) is 43.9 Å². The molecule has 4 rings (SSSR count). The van der Waals surface area contributed by atoms with Gasteiger partial charge in [0.2, 0.25) is 0 Å². The molecule has 0 radical (unpaired) electrons. The molecule has 182 valence electrons. The summed E-state index contributed by atoms with van der Waals surface area (Å²) in [4.78, 5) is 23.6. The van der Waals surface area contributed by atoms with Gasteiger partial charge in [-0.15, -0.1) is 0 Å². The van der Waals surface area contributed by atoms with Crippen molar-refractivity contribution >= 4 is 22.3 Å². The van der Waals surface area contributed by atoms with Crippen LogP contribution >= 0.6 is 11.3 Å². The van der Waals surface area contributed by atoms with Crippen LogP contribution in [0, 0.1) is 6.92 Å². The molecule has 8 nitrogen and oxygen atoms in total. The van der Waals surface area contributed by atoms with E-state index in [1.54, 1.807) is 6.20 Å². The summed E-state index contributed by atoms with van der Waals surface area (Å²) in [6.45, 7) is 7.00. The fraction of sp³-hybridized carbons (Fsp3) is 0.560. The zero-order valence-corrected chi connectivity index (χ0v) is 21.2. The Bertz CT molecular complexity index is 1030. The van der Waals surface area contributed by atoms with Gasteiger partial charge in [-0.05, 0) is 45.6 Å². The third kappa shape index (κ3) is 7.17. The lowest BCUT2D eigenvalue weighted by Crippen LogP contribution is -2.25. The molecule has 1 fully saturated rings. The van der Waals surface area contributed by atoms with Crippen LogP contribution in [-0.4, -0.2) is 37.1 Å². The summed E-state index contributed by atoms with van der Waals surface area (Å²) < 4.78 is 5.99. The molecule has 34 heavy (non-hydrogen) atoms. The summed E-state index contributed by atoms with van der Waals surface area (Å²) in [5, 5.41) is 7.56. The van der Waals surface area contributed by atoms with Crippen molar-refractivity contribution in [2.45, 2.75) is 90.8 Å². The van der Waals surface area contributed by atoms with E-state index in [4.69, 9.17) is 4.74 Å². The fourth-order valence-electron chi connectivity index (χ4n) is 4.09. The Morgan fingerprint density at radius 2 is 1.94 bits per heavy atom. The molecule has 3 aromatic heterocycles. The van der Waals surface area contributed by atoms with Crippen LogP contribution < -0.4 is 15.4 Å². The van der Waals surface area contributed by atoms with Crippen LogP contribution in [0.5, 0.6) is 6.01 Å². The van der Waals surface area contributed by atoms with Gasteiger partial charge in [-0.2, -0.15) is 4.98 Å². The highest BCUT2D eigenvalue weighted by molar-refractivity contribution is 7.18. The lowest BCUT2D eigenvalue weighted by Gasteiger charge is -2.13. The molecule has 1 atom stereocenters. The molecule has 1 aliphatic carbocycles. The average Bonchev–Trinajstić information content (AvgIpc) is 3.51. The van der Waals surface area contributed by atoms with E-state index in [9.17, 15) is 0 Å². The normalized spacial score (nSPS) is 14.9. The van der Waals surface area contributed by atoms with E-state index in [1.165, 1.54) is 49.9 Å². The van der Waals surface area contributed by atoms with Gasteiger partial charge in [0.1, 0.15) is 0 Å². The molecule has 1 unspecified atom stereocenters. The van der Waals surface area contributed by atoms with Crippen LogP contribution in [0.1, 0.15) is 76.6 Å². The zero-order chi connectivity index (χ0) is 23.8. The number of unbranched alkanes of at least 4 members (excludes halogenated alkanes) is 2. The summed E-state index contributed by atoms with van der Waals surface area (Å²) in [5.74, 6) is 0.675. The first-order valence-corrected chi connectivity index (χ1v) is 13.2. The van der Waals surface area contributed by atoms with Gasteiger partial charge in [0, 0.05) is 24.5 Å². The van der Waals surface area contributed by atoms with Gasteiger partial charge in [0.25, 0.3) is 0 Å². The van der Waals surface area contributed by atoms with Gasteiger partial charge in [0.05, 0.1) is 34.8 Å². The molecule has 2 N–H and O–H groups in total. The van der Waals surface area contributed by atoms with Crippen molar-refractivity contribution in [3.05, 3.63) is 36.0 Å². The van der Waals surface area contributed by atoms with E-state index in [0.717, 1.165) is 46.5 Å². The summed E-state index contributed by atoms with van der Waals surface area (Å²) in [6, 6.07) is 3.00. The third-order valence-electron chi connectivity index (χ3n) is 5.98. The van der Waals surface area contributed by atoms with E-state index < -0.39 is 0 Å². The highest BCUT2D eigenvalue weighted by Crippen LogP contribution is 2.30. The van der Waals surface area contributed by atoms with Gasteiger partial charge >= 0.3 is 6.01 Å². The standard InChI is InChI=1S/C25H35N7OS/c1-4-5-6-9-18(3)33-24-30-17(2)12-21(31-24)22-15-29-25(34-22)32-23-16-27-20(14-28-23)13-26-19-10-7-8-11-19/h12,14-16,18-19,26H,4-11,13H2,1-3H3,(H,28,29,32). The van der Waals surface area contributed by atoms with Crippen molar-refractivity contribution < 1.29 is 4.74 Å². The first-order valence-electron chi connectivity index (χ1n) is 12.4. The molecule has 0 saturated heterocycles. The fourth-order valence-corrected chi connectivity index (χ4v) is 4.87. The monoisotopic (exact) mass is 481 g/mol. The number of thiazole rings is 1. The minimum Gasteiger partial charge on any atom is -0.460 e. The first-order chi connectivity index (χ1) is 16.6. The van der Waals surface area contributed by atoms with Crippen molar-refractivity contribution in [1.82, 2.24) is 30.2 Å². The Kier molecular flexibility index (Phi) is 8.76. The second-order valence-electron chi connectivity index (χ2n) is 9.01. The van der Waals surface area contributed by atoms with E-state index >= 15 is 0 Å². The summed E-state index contributed by atoms with van der Waals surface area (Å²) >= 11 is 1.52. The lowest BCUT2D eigenvalue weighted by molar-refractivity contribution is 0.189. The molecule has 0 bridgehead atoms. The number of nitrogens with zero attached hydrogens (tertiary/aromatic N) is 5. The number of aromatic nitrogens is 5. The number of hydrogen-bond acceptors (Lipinski definition) is 9. The predicted octanol–water partition coefficient (Wildman–Crippen LogP) is 5.82. The molecule has 1 aliphatic rings. The second-order valence-corrected chi connectivity index (χ2v) is 10.0. The van der Waals surface area contributed by atoms with Crippen molar-refractivity contribution in [2.75, 3.05) is 5.32 Å². The molecule has 0 amide bonds. The van der Waals surface area contributed by atoms with Crippen LogP contribution in [0.4, 0.5) is 10.9 Å². The molecular formula is C25H35N7OS. The maximum absolute atomic E-state index is 5.99. The molecule has 3 heterocycles. The number of hydrogen-bond donors (Lipinski definition) is 2. The minimum absolute atomic E-state index is 0.0924. The number of rotatable bonds is 12. The Morgan fingerprint density at radius 1 is 1.09 bits per heavy atom. The largest absolute Gasteiger partial charge is 0.460 e. The van der Waals surface area contributed by atoms with Crippen molar-refractivity contribution in [1.29, 1.82) is 0 Å². The first kappa shape index (κ1) is 24.5. The van der Waals surface area contributed by atoms with E-state index in [-0.39, 0.29) is 6.10 Å². The van der Waals surface area contributed by atoms with E-state index in [1.807, 2.05) is 25.4 Å². The zero-order valence-electron chi connectivity index (χ0n) is 20.4. The number of aryl methyl sites for hydroxylation is 1. The van der Waals surface area contributed by atoms with Gasteiger partial charge < -0.3 is 15.4 Å². The molecule has 3 aromatic rings. The summed E-state index contributed by atoms with van der Waals surface area (Å²) in [5.41, 5.74) is 2.63. The van der Waals surface area contributed by atoms with Gasteiger partial charge in [-0.3, -0.25) is 4.98 Å². The van der Waals surface area contributed by atoms with Gasteiger partial charge in [0.15, 0.2) is 10.9 Å².